The molecule has 1 fully saturated rings. The van der Waals surface area contributed by atoms with Crippen molar-refractivity contribution in [1.29, 1.82) is 0 Å². The summed E-state index contributed by atoms with van der Waals surface area (Å²) in [5.41, 5.74) is 0. The fourth-order valence-electron chi connectivity index (χ4n) is 12.2. The number of unbranched alkanes of at least 4 members (excludes halogenated alkanes) is 51. The second-order valence-electron chi connectivity index (χ2n) is 26.0. The number of aliphatic hydroxyl groups is 7. The predicted molar refractivity (Wildman–Crippen MR) is 349 cm³/mol. The molecule has 1 amide bonds. The molecule has 0 aromatic heterocycles. The minimum Gasteiger partial charge on any atom is -0.394 e. The lowest BCUT2D eigenvalue weighted by atomic mass is 9.98. The highest BCUT2D eigenvalue weighted by atomic mass is 16.7. The molecule has 0 saturated carbocycles. The molecular formula is C72H141NO10. The summed E-state index contributed by atoms with van der Waals surface area (Å²) >= 11 is 0. The lowest BCUT2D eigenvalue weighted by Gasteiger charge is -2.40. The van der Waals surface area contributed by atoms with Crippen LogP contribution in [0.3, 0.4) is 0 Å². The van der Waals surface area contributed by atoms with Crippen molar-refractivity contribution in [2.24, 2.45) is 0 Å². The van der Waals surface area contributed by atoms with Crippen molar-refractivity contribution in [3.8, 4) is 0 Å². The molecule has 1 heterocycles. The van der Waals surface area contributed by atoms with Gasteiger partial charge in [-0.3, -0.25) is 4.79 Å². The van der Waals surface area contributed by atoms with Crippen LogP contribution in [0.15, 0.2) is 12.2 Å². The first kappa shape index (κ1) is 79.9. The highest BCUT2D eigenvalue weighted by Gasteiger charge is 2.44. The van der Waals surface area contributed by atoms with Crippen LogP contribution in [0.2, 0.25) is 0 Å². The van der Waals surface area contributed by atoms with Crippen LogP contribution in [0.25, 0.3) is 0 Å². The van der Waals surface area contributed by atoms with Gasteiger partial charge in [-0.15, -0.1) is 0 Å². The Morgan fingerprint density at radius 2 is 0.699 bits per heavy atom. The SMILES string of the molecule is CCCCCCCCCCCCCC/C=C\CCCCCCCCCCCCCCC(O)C(=O)NC(COC1OC(CO)C(O)C(O)C1O)C(O)C(O)CCCCCCCCCCCCCCCCCCCCCCCCCCCCCC. The molecule has 494 valence electrons. The first-order valence-electron chi connectivity index (χ1n) is 36.6. The Balaban J connectivity index is 2.18. The molecule has 9 unspecified atom stereocenters. The van der Waals surface area contributed by atoms with Crippen molar-refractivity contribution in [2.75, 3.05) is 13.2 Å². The summed E-state index contributed by atoms with van der Waals surface area (Å²) in [5, 5.41) is 76.6. The van der Waals surface area contributed by atoms with E-state index >= 15 is 0 Å². The van der Waals surface area contributed by atoms with Gasteiger partial charge in [-0.2, -0.15) is 0 Å². The fourth-order valence-corrected chi connectivity index (χ4v) is 12.2. The van der Waals surface area contributed by atoms with Crippen LogP contribution in [0.4, 0.5) is 0 Å². The van der Waals surface area contributed by atoms with Gasteiger partial charge in [0.1, 0.15) is 36.6 Å². The van der Waals surface area contributed by atoms with Crippen molar-refractivity contribution in [3.63, 3.8) is 0 Å². The summed E-state index contributed by atoms with van der Waals surface area (Å²) in [5.74, 6) is -0.689. The topological polar surface area (TPSA) is 189 Å². The summed E-state index contributed by atoms with van der Waals surface area (Å²) in [4.78, 5) is 13.3. The minimum absolute atomic E-state index is 0.264. The van der Waals surface area contributed by atoms with E-state index in [2.05, 4.69) is 31.3 Å². The van der Waals surface area contributed by atoms with Gasteiger partial charge in [0.2, 0.25) is 5.91 Å². The molecule has 11 heteroatoms. The molecule has 83 heavy (non-hydrogen) atoms. The molecule has 0 aliphatic carbocycles. The standard InChI is InChI=1S/C72H141NO10/c1-3-5-7-9-11-13-15-17-19-21-23-25-27-29-31-33-35-37-39-41-43-45-47-49-51-53-55-57-59-64(75)67(77)63(62-82-72-70(80)69(79)68(78)66(61-74)83-72)73-71(81)65(76)60-58-56-54-52-50-48-46-44-42-40-38-36-34-32-30-28-26-24-22-20-18-16-14-12-10-8-6-4-2/h30,32,63-70,72,74-80H,3-29,31,33-62H2,1-2H3,(H,73,81)/b32-30-. The largest absolute Gasteiger partial charge is 0.394 e. The molecule has 0 aromatic carbocycles. The maximum atomic E-state index is 13.3. The quantitative estimate of drug-likeness (QED) is 0.0215. The van der Waals surface area contributed by atoms with Gasteiger partial charge in [-0.1, -0.05) is 347 Å². The monoisotopic (exact) mass is 1180 g/mol. The van der Waals surface area contributed by atoms with Gasteiger partial charge in [-0.05, 0) is 38.5 Å². The summed E-state index contributed by atoms with van der Waals surface area (Å²) in [7, 11) is 0. The Bertz CT molecular complexity index is 1350. The van der Waals surface area contributed by atoms with Crippen LogP contribution in [0.1, 0.15) is 373 Å². The number of carbonyl (C=O) groups excluding carboxylic acids is 1. The predicted octanol–water partition coefficient (Wildman–Crippen LogP) is 17.8. The van der Waals surface area contributed by atoms with E-state index < -0.39 is 74.2 Å². The Hall–Kier alpha value is -1.15. The molecule has 9 atom stereocenters. The number of allylic oxidation sites excluding steroid dienone is 2. The molecule has 0 spiro atoms. The maximum Gasteiger partial charge on any atom is 0.249 e. The molecule has 1 aliphatic rings. The third kappa shape index (κ3) is 48.5. The summed E-state index contributed by atoms with van der Waals surface area (Å²) < 4.78 is 11.2. The number of aliphatic hydroxyl groups excluding tert-OH is 7. The first-order valence-corrected chi connectivity index (χ1v) is 36.6. The number of amides is 1. The summed E-state index contributed by atoms with van der Waals surface area (Å²) in [6.07, 6.45) is 64.4. The van der Waals surface area contributed by atoms with Gasteiger partial charge in [0, 0.05) is 0 Å². The second-order valence-corrected chi connectivity index (χ2v) is 26.0. The zero-order valence-corrected chi connectivity index (χ0v) is 54.7. The van der Waals surface area contributed by atoms with E-state index in [1.807, 2.05) is 0 Å². The highest BCUT2D eigenvalue weighted by molar-refractivity contribution is 5.80. The smallest absolute Gasteiger partial charge is 0.249 e. The number of ether oxygens (including phenoxy) is 2. The second kappa shape index (κ2) is 61.1. The zero-order valence-electron chi connectivity index (χ0n) is 54.7. The average molecular weight is 1180 g/mol. The van der Waals surface area contributed by atoms with E-state index in [0.29, 0.717) is 19.3 Å². The number of carbonyl (C=O) groups is 1. The lowest BCUT2D eigenvalue weighted by Crippen LogP contribution is -2.60. The number of nitrogens with one attached hydrogen (secondary N) is 1. The third-order valence-electron chi connectivity index (χ3n) is 18.1. The minimum atomic E-state index is -1.66. The average Bonchev–Trinajstić information content (AvgIpc) is 3.68. The van der Waals surface area contributed by atoms with Gasteiger partial charge in [-0.25, -0.2) is 0 Å². The van der Waals surface area contributed by atoms with Crippen molar-refractivity contribution in [2.45, 2.75) is 428 Å². The Morgan fingerprint density at radius 3 is 1.01 bits per heavy atom. The Morgan fingerprint density at radius 1 is 0.410 bits per heavy atom. The van der Waals surface area contributed by atoms with E-state index in [1.165, 1.54) is 295 Å². The molecule has 0 radical (unpaired) electrons. The van der Waals surface area contributed by atoms with E-state index in [-0.39, 0.29) is 6.42 Å². The van der Waals surface area contributed by atoms with Crippen LogP contribution < -0.4 is 5.32 Å². The number of rotatable bonds is 65. The van der Waals surface area contributed by atoms with Crippen LogP contribution >= 0.6 is 0 Å². The zero-order chi connectivity index (χ0) is 60.3. The summed E-state index contributed by atoms with van der Waals surface area (Å²) in [6.45, 7) is 3.53. The lowest BCUT2D eigenvalue weighted by molar-refractivity contribution is -0.303. The maximum absolute atomic E-state index is 13.3. The molecule has 1 rings (SSSR count). The van der Waals surface area contributed by atoms with Crippen LogP contribution in [0, 0.1) is 0 Å². The summed E-state index contributed by atoms with van der Waals surface area (Å²) in [6, 6.07) is -1.17. The molecule has 1 saturated heterocycles. The molecule has 0 bridgehead atoms. The molecule has 1 aliphatic heterocycles. The molecule has 0 aromatic rings. The number of hydrogen-bond acceptors (Lipinski definition) is 10. The van der Waals surface area contributed by atoms with Crippen LogP contribution in [-0.4, -0.2) is 110 Å². The van der Waals surface area contributed by atoms with E-state index in [1.54, 1.807) is 0 Å². The van der Waals surface area contributed by atoms with Gasteiger partial charge in [0.05, 0.1) is 25.4 Å². The Labute approximate surface area is 512 Å². The first-order chi connectivity index (χ1) is 40.7. The molecular weight excluding hydrogens is 1040 g/mol. The van der Waals surface area contributed by atoms with E-state index in [0.717, 1.165) is 38.5 Å². The van der Waals surface area contributed by atoms with Gasteiger partial charge >= 0.3 is 0 Å². The van der Waals surface area contributed by atoms with Crippen molar-refractivity contribution in [1.82, 2.24) is 5.32 Å². The Kier molecular flexibility index (Phi) is 58.8. The van der Waals surface area contributed by atoms with Crippen LogP contribution in [-0.2, 0) is 14.3 Å². The van der Waals surface area contributed by atoms with Crippen LogP contribution in [0.5, 0.6) is 0 Å². The van der Waals surface area contributed by atoms with Gasteiger partial charge < -0.3 is 50.5 Å². The number of hydrogen-bond donors (Lipinski definition) is 8. The fraction of sp³-hybridized carbons (Fsp3) is 0.958. The van der Waals surface area contributed by atoms with Crippen molar-refractivity contribution < 1.29 is 50.0 Å². The van der Waals surface area contributed by atoms with Gasteiger partial charge in [0.15, 0.2) is 6.29 Å². The highest BCUT2D eigenvalue weighted by Crippen LogP contribution is 2.24. The van der Waals surface area contributed by atoms with E-state index in [4.69, 9.17) is 9.47 Å². The van der Waals surface area contributed by atoms with Gasteiger partial charge in [0.25, 0.3) is 0 Å². The third-order valence-corrected chi connectivity index (χ3v) is 18.1. The molecule has 11 nitrogen and oxygen atoms in total. The van der Waals surface area contributed by atoms with E-state index in [9.17, 15) is 40.5 Å². The molecule has 8 N–H and O–H groups in total. The normalized spacial score (nSPS) is 19.0. The van der Waals surface area contributed by atoms with Crippen molar-refractivity contribution in [3.05, 3.63) is 12.2 Å². The van der Waals surface area contributed by atoms with Crippen molar-refractivity contribution >= 4 is 5.91 Å².